The van der Waals surface area contributed by atoms with Crippen molar-refractivity contribution in [2.24, 2.45) is 0 Å². The molecule has 0 radical (unpaired) electrons. The first-order valence-electron chi connectivity index (χ1n) is 17.2. The monoisotopic (exact) mass is 636 g/mol. The largest absolute Gasteiger partial charge is 0.309 e. The van der Waals surface area contributed by atoms with Crippen LogP contribution in [0.5, 0.6) is 0 Å². The smallest absolute Gasteiger partial charge is 0.0548 e. The second-order valence-electron chi connectivity index (χ2n) is 13.0. The Kier molecular flexibility index (Phi) is 6.53. The summed E-state index contributed by atoms with van der Waals surface area (Å²) in [5.41, 5.74) is 14.4. The molecule has 0 saturated heterocycles. The molecule has 2 heteroatoms. The minimum atomic E-state index is 1.15. The predicted molar refractivity (Wildman–Crippen MR) is 211 cm³/mol. The quantitative estimate of drug-likeness (QED) is 0.178. The number of aromatic nitrogens is 2. The van der Waals surface area contributed by atoms with Gasteiger partial charge in [0.05, 0.1) is 22.1 Å². The van der Waals surface area contributed by atoms with Crippen LogP contribution in [0.1, 0.15) is 0 Å². The standard InChI is InChI=1S/C48H32N2/c1-3-12-33(13-4-1)35-22-24-37(25-23-35)38-16-11-17-40(32-38)50-44-21-10-8-19-42(44)48-46(50)31-30-45-47(48)41-18-7-9-20-43(41)49(45)39-28-26-36(27-29-39)34-14-5-2-6-15-34/h1-32H. The Morgan fingerprint density at radius 3 is 1.18 bits per heavy atom. The van der Waals surface area contributed by atoms with Crippen molar-refractivity contribution in [3.05, 3.63) is 194 Å². The summed E-state index contributed by atoms with van der Waals surface area (Å²) < 4.78 is 4.86. The fourth-order valence-electron chi connectivity index (χ4n) is 7.82. The summed E-state index contributed by atoms with van der Waals surface area (Å²) in [5.74, 6) is 0. The lowest BCUT2D eigenvalue weighted by Crippen LogP contribution is -1.95. The molecule has 0 aliphatic heterocycles. The lowest BCUT2D eigenvalue weighted by atomic mass is 10.00. The molecule has 0 N–H and O–H groups in total. The van der Waals surface area contributed by atoms with Crippen molar-refractivity contribution >= 4 is 43.6 Å². The van der Waals surface area contributed by atoms with E-state index in [0.717, 1.165) is 11.4 Å². The zero-order valence-corrected chi connectivity index (χ0v) is 27.4. The van der Waals surface area contributed by atoms with Crippen LogP contribution < -0.4 is 0 Å². The van der Waals surface area contributed by atoms with Crippen LogP contribution in [0.2, 0.25) is 0 Å². The Bertz CT molecular complexity index is 2820. The van der Waals surface area contributed by atoms with E-state index in [0.29, 0.717) is 0 Å². The number of rotatable bonds is 5. The van der Waals surface area contributed by atoms with E-state index < -0.39 is 0 Å². The van der Waals surface area contributed by atoms with E-state index in [1.54, 1.807) is 0 Å². The molecular weight excluding hydrogens is 605 g/mol. The van der Waals surface area contributed by atoms with Gasteiger partial charge in [0.25, 0.3) is 0 Å². The summed E-state index contributed by atoms with van der Waals surface area (Å²) in [4.78, 5) is 0. The fraction of sp³-hybridized carbons (Fsp3) is 0. The van der Waals surface area contributed by atoms with E-state index in [9.17, 15) is 0 Å². The number of benzene rings is 8. The summed E-state index contributed by atoms with van der Waals surface area (Å²) in [5, 5.41) is 5.09. The number of hydrogen-bond donors (Lipinski definition) is 0. The van der Waals surface area contributed by atoms with Crippen LogP contribution in [0.4, 0.5) is 0 Å². The molecule has 0 fully saturated rings. The first-order chi connectivity index (χ1) is 24.8. The molecule has 50 heavy (non-hydrogen) atoms. The third kappa shape index (κ3) is 4.50. The van der Waals surface area contributed by atoms with Crippen LogP contribution >= 0.6 is 0 Å². The average Bonchev–Trinajstić information content (AvgIpc) is 3.72. The van der Waals surface area contributed by atoms with E-state index in [1.165, 1.54) is 77.0 Å². The number of hydrogen-bond acceptors (Lipinski definition) is 0. The van der Waals surface area contributed by atoms with E-state index in [4.69, 9.17) is 0 Å². The Morgan fingerprint density at radius 1 is 0.240 bits per heavy atom. The first-order valence-corrected chi connectivity index (χ1v) is 17.2. The van der Waals surface area contributed by atoms with Gasteiger partial charge in [-0.25, -0.2) is 0 Å². The van der Waals surface area contributed by atoms with Gasteiger partial charge < -0.3 is 9.13 Å². The minimum absolute atomic E-state index is 1.15. The molecule has 2 nitrogen and oxygen atoms in total. The van der Waals surface area contributed by atoms with Crippen LogP contribution in [0.3, 0.4) is 0 Å². The topological polar surface area (TPSA) is 9.86 Å². The predicted octanol–water partition coefficient (Wildman–Crippen LogP) is 12.9. The van der Waals surface area contributed by atoms with E-state index in [-0.39, 0.29) is 0 Å². The third-order valence-electron chi connectivity index (χ3n) is 10.1. The molecule has 2 aromatic heterocycles. The molecule has 234 valence electrons. The number of nitrogens with zero attached hydrogens (tertiary/aromatic N) is 2. The number of fused-ring (bicyclic) bond motifs is 7. The van der Waals surface area contributed by atoms with Gasteiger partial charge in [-0.1, -0.05) is 146 Å². The highest BCUT2D eigenvalue weighted by atomic mass is 15.0. The summed E-state index contributed by atoms with van der Waals surface area (Å²) in [6, 6.07) is 70.3. The maximum absolute atomic E-state index is 2.44. The molecule has 0 saturated carbocycles. The van der Waals surface area contributed by atoms with Crippen LogP contribution in [0, 0.1) is 0 Å². The molecular formula is C48H32N2. The van der Waals surface area contributed by atoms with Crippen molar-refractivity contribution in [1.29, 1.82) is 0 Å². The molecule has 0 spiro atoms. The maximum atomic E-state index is 2.44. The minimum Gasteiger partial charge on any atom is -0.309 e. The highest BCUT2D eigenvalue weighted by Gasteiger charge is 2.20. The maximum Gasteiger partial charge on any atom is 0.0548 e. The highest BCUT2D eigenvalue weighted by molar-refractivity contribution is 6.28. The van der Waals surface area contributed by atoms with E-state index in [1.807, 2.05) is 0 Å². The van der Waals surface area contributed by atoms with Crippen molar-refractivity contribution in [1.82, 2.24) is 9.13 Å². The van der Waals surface area contributed by atoms with Crippen molar-refractivity contribution in [2.45, 2.75) is 0 Å². The van der Waals surface area contributed by atoms with Crippen LogP contribution in [-0.2, 0) is 0 Å². The zero-order valence-electron chi connectivity index (χ0n) is 27.4. The molecule has 2 heterocycles. The van der Waals surface area contributed by atoms with Gasteiger partial charge in [-0.05, 0) is 81.9 Å². The molecule has 0 unspecified atom stereocenters. The molecule has 0 aliphatic rings. The van der Waals surface area contributed by atoms with Gasteiger partial charge in [0.2, 0.25) is 0 Å². The highest BCUT2D eigenvalue weighted by Crippen LogP contribution is 2.42. The molecule has 10 rings (SSSR count). The van der Waals surface area contributed by atoms with Gasteiger partial charge in [0, 0.05) is 32.9 Å². The SMILES string of the molecule is c1ccc(-c2ccc(-c3cccc(-n4c5ccccc5c5c6c7ccccc7n(-c7ccc(-c8ccccc8)cc7)c6ccc54)c3)cc2)cc1. The zero-order chi connectivity index (χ0) is 33.0. The van der Waals surface area contributed by atoms with E-state index in [2.05, 4.69) is 203 Å². The average molecular weight is 637 g/mol. The first kappa shape index (κ1) is 28.4. The van der Waals surface area contributed by atoms with Gasteiger partial charge in [-0.2, -0.15) is 0 Å². The molecule has 0 bridgehead atoms. The summed E-state index contributed by atoms with van der Waals surface area (Å²) in [6.07, 6.45) is 0. The Hall–Kier alpha value is -6.64. The number of para-hydroxylation sites is 2. The summed E-state index contributed by atoms with van der Waals surface area (Å²) in [7, 11) is 0. The Balaban J connectivity index is 1.16. The summed E-state index contributed by atoms with van der Waals surface area (Å²) >= 11 is 0. The van der Waals surface area contributed by atoms with Gasteiger partial charge in [-0.15, -0.1) is 0 Å². The lowest BCUT2D eigenvalue weighted by molar-refractivity contribution is 1.17. The van der Waals surface area contributed by atoms with Gasteiger partial charge in [-0.3, -0.25) is 0 Å². The summed E-state index contributed by atoms with van der Waals surface area (Å²) in [6.45, 7) is 0. The molecule has 8 aromatic carbocycles. The van der Waals surface area contributed by atoms with Crippen molar-refractivity contribution < 1.29 is 0 Å². The van der Waals surface area contributed by atoms with Crippen LogP contribution in [-0.4, -0.2) is 9.13 Å². The lowest BCUT2D eigenvalue weighted by Gasteiger charge is -2.12. The molecule has 10 aromatic rings. The van der Waals surface area contributed by atoms with E-state index >= 15 is 0 Å². The second-order valence-corrected chi connectivity index (χ2v) is 13.0. The fourth-order valence-corrected chi connectivity index (χ4v) is 7.82. The normalized spacial score (nSPS) is 11.6. The van der Waals surface area contributed by atoms with Crippen LogP contribution in [0.15, 0.2) is 194 Å². The second kappa shape index (κ2) is 11.5. The Morgan fingerprint density at radius 2 is 0.640 bits per heavy atom. The van der Waals surface area contributed by atoms with Crippen molar-refractivity contribution in [2.75, 3.05) is 0 Å². The van der Waals surface area contributed by atoms with Crippen LogP contribution in [0.25, 0.3) is 88.4 Å². The van der Waals surface area contributed by atoms with Gasteiger partial charge >= 0.3 is 0 Å². The Labute approximate surface area is 290 Å². The van der Waals surface area contributed by atoms with Gasteiger partial charge in [0.15, 0.2) is 0 Å². The molecule has 0 aliphatic carbocycles. The van der Waals surface area contributed by atoms with Crippen molar-refractivity contribution in [3.8, 4) is 44.8 Å². The van der Waals surface area contributed by atoms with Crippen molar-refractivity contribution in [3.63, 3.8) is 0 Å². The third-order valence-corrected chi connectivity index (χ3v) is 10.1. The van der Waals surface area contributed by atoms with Gasteiger partial charge in [0.1, 0.15) is 0 Å². The molecule has 0 atom stereocenters. The molecule has 0 amide bonds.